The van der Waals surface area contributed by atoms with Crippen molar-refractivity contribution in [3.63, 3.8) is 0 Å². The molecule has 0 aliphatic carbocycles. The molecule has 0 heterocycles. The quantitative estimate of drug-likeness (QED) is 0.852. The highest BCUT2D eigenvalue weighted by atomic mass is 79.9. The van der Waals surface area contributed by atoms with Gasteiger partial charge in [-0.3, -0.25) is 9.63 Å². The van der Waals surface area contributed by atoms with Crippen LogP contribution in [0.25, 0.3) is 0 Å². The molecule has 0 radical (unpaired) electrons. The molecule has 0 saturated carbocycles. The number of carbonyl (C=O) groups excluding carboxylic acids is 1. The lowest BCUT2D eigenvalue weighted by atomic mass is 10.2. The Kier molecular flexibility index (Phi) is 5.15. The second kappa shape index (κ2) is 7.07. The standard InChI is InChI=1S/C15H14BrNO3/c1-19-17-15(18)13-7-2-3-8-14(13)20-10-11-5-4-6-12(16)9-11/h2-9H,10H2,1H3,(H,17,18). The summed E-state index contributed by atoms with van der Waals surface area (Å²) in [5, 5.41) is 0. The van der Waals surface area contributed by atoms with Crippen LogP contribution in [-0.4, -0.2) is 13.0 Å². The lowest BCUT2D eigenvalue weighted by Gasteiger charge is -2.11. The van der Waals surface area contributed by atoms with Crippen LogP contribution in [0.1, 0.15) is 15.9 Å². The van der Waals surface area contributed by atoms with Crippen molar-refractivity contribution in [1.29, 1.82) is 0 Å². The molecule has 4 nitrogen and oxygen atoms in total. The molecule has 20 heavy (non-hydrogen) atoms. The Morgan fingerprint density at radius 2 is 2.00 bits per heavy atom. The normalized spacial score (nSPS) is 10.1. The number of hydrogen-bond donors (Lipinski definition) is 1. The van der Waals surface area contributed by atoms with Crippen LogP contribution in [0, 0.1) is 0 Å². The fourth-order valence-electron chi connectivity index (χ4n) is 1.72. The average Bonchev–Trinajstić information content (AvgIpc) is 2.46. The van der Waals surface area contributed by atoms with Gasteiger partial charge in [0.05, 0.1) is 12.7 Å². The summed E-state index contributed by atoms with van der Waals surface area (Å²) in [6.07, 6.45) is 0. The molecule has 0 fully saturated rings. The van der Waals surface area contributed by atoms with Crippen LogP contribution in [-0.2, 0) is 11.4 Å². The first kappa shape index (κ1) is 14.6. The molecule has 0 saturated heterocycles. The molecule has 0 unspecified atom stereocenters. The van der Waals surface area contributed by atoms with Crippen molar-refractivity contribution >= 4 is 21.8 Å². The summed E-state index contributed by atoms with van der Waals surface area (Å²) in [6, 6.07) is 14.8. The van der Waals surface area contributed by atoms with Crippen molar-refractivity contribution in [2.75, 3.05) is 7.11 Å². The van der Waals surface area contributed by atoms with Gasteiger partial charge >= 0.3 is 0 Å². The molecule has 5 heteroatoms. The van der Waals surface area contributed by atoms with Crippen LogP contribution in [0.3, 0.4) is 0 Å². The molecule has 2 rings (SSSR count). The van der Waals surface area contributed by atoms with Gasteiger partial charge in [0, 0.05) is 4.47 Å². The molecule has 1 N–H and O–H groups in total. The Labute approximate surface area is 125 Å². The van der Waals surface area contributed by atoms with Crippen LogP contribution in [0.5, 0.6) is 5.75 Å². The molecule has 0 atom stereocenters. The van der Waals surface area contributed by atoms with Crippen LogP contribution in [0.15, 0.2) is 53.0 Å². The van der Waals surface area contributed by atoms with E-state index in [-0.39, 0.29) is 5.91 Å². The number of hydroxylamine groups is 1. The lowest BCUT2D eigenvalue weighted by Crippen LogP contribution is -2.22. The minimum atomic E-state index is -0.336. The second-order valence-corrected chi connectivity index (χ2v) is 4.97. The summed E-state index contributed by atoms with van der Waals surface area (Å²) in [5.74, 6) is 0.180. The summed E-state index contributed by atoms with van der Waals surface area (Å²) in [5.41, 5.74) is 3.73. The third-order valence-corrected chi connectivity index (χ3v) is 3.10. The van der Waals surface area contributed by atoms with E-state index in [0.29, 0.717) is 17.9 Å². The van der Waals surface area contributed by atoms with Gasteiger partial charge in [-0.25, -0.2) is 5.48 Å². The van der Waals surface area contributed by atoms with Crippen LogP contribution in [0.2, 0.25) is 0 Å². The number of benzene rings is 2. The van der Waals surface area contributed by atoms with Gasteiger partial charge in [0.15, 0.2) is 0 Å². The number of rotatable bonds is 5. The van der Waals surface area contributed by atoms with Gasteiger partial charge in [0.1, 0.15) is 12.4 Å². The zero-order valence-electron chi connectivity index (χ0n) is 10.9. The molecule has 0 aliphatic heterocycles. The first-order chi connectivity index (χ1) is 9.70. The van der Waals surface area contributed by atoms with Crippen molar-refractivity contribution < 1.29 is 14.4 Å². The fraction of sp³-hybridized carbons (Fsp3) is 0.133. The van der Waals surface area contributed by atoms with E-state index in [4.69, 9.17) is 4.74 Å². The number of amides is 1. The maximum atomic E-state index is 11.8. The zero-order chi connectivity index (χ0) is 14.4. The van der Waals surface area contributed by atoms with Gasteiger partial charge in [0.25, 0.3) is 5.91 Å². The molecule has 2 aromatic carbocycles. The zero-order valence-corrected chi connectivity index (χ0v) is 12.5. The Morgan fingerprint density at radius 1 is 1.20 bits per heavy atom. The molecule has 2 aromatic rings. The van der Waals surface area contributed by atoms with E-state index < -0.39 is 0 Å². The first-order valence-corrected chi connectivity index (χ1v) is 6.79. The topological polar surface area (TPSA) is 47.6 Å². The molecule has 104 valence electrons. The monoisotopic (exact) mass is 335 g/mol. The van der Waals surface area contributed by atoms with Gasteiger partial charge in [-0.2, -0.15) is 0 Å². The first-order valence-electron chi connectivity index (χ1n) is 6.00. The average molecular weight is 336 g/mol. The van der Waals surface area contributed by atoms with Gasteiger partial charge in [-0.1, -0.05) is 40.2 Å². The lowest BCUT2D eigenvalue weighted by molar-refractivity contribution is 0.0533. The maximum absolute atomic E-state index is 11.8. The Balaban J connectivity index is 2.11. The van der Waals surface area contributed by atoms with E-state index in [1.165, 1.54) is 7.11 Å². The molecule has 0 bridgehead atoms. The van der Waals surface area contributed by atoms with Crippen LogP contribution in [0.4, 0.5) is 0 Å². The fourth-order valence-corrected chi connectivity index (χ4v) is 2.16. The molecular weight excluding hydrogens is 322 g/mol. The Hall–Kier alpha value is -1.85. The number of halogens is 1. The molecular formula is C15H14BrNO3. The third kappa shape index (κ3) is 3.82. The number of nitrogens with one attached hydrogen (secondary N) is 1. The van der Waals surface area contributed by atoms with E-state index in [1.54, 1.807) is 18.2 Å². The van der Waals surface area contributed by atoms with E-state index >= 15 is 0 Å². The van der Waals surface area contributed by atoms with Crippen molar-refractivity contribution in [2.45, 2.75) is 6.61 Å². The minimum Gasteiger partial charge on any atom is -0.488 e. The van der Waals surface area contributed by atoms with Gasteiger partial charge in [-0.05, 0) is 29.8 Å². The number of carbonyl (C=O) groups is 1. The summed E-state index contributed by atoms with van der Waals surface area (Å²) in [4.78, 5) is 16.4. The third-order valence-electron chi connectivity index (χ3n) is 2.61. The largest absolute Gasteiger partial charge is 0.488 e. The van der Waals surface area contributed by atoms with Gasteiger partial charge in [-0.15, -0.1) is 0 Å². The van der Waals surface area contributed by atoms with Crippen molar-refractivity contribution in [1.82, 2.24) is 5.48 Å². The molecule has 1 amide bonds. The Bertz CT molecular complexity index is 601. The summed E-state index contributed by atoms with van der Waals surface area (Å²) < 4.78 is 6.70. The van der Waals surface area contributed by atoms with E-state index in [1.807, 2.05) is 30.3 Å². The van der Waals surface area contributed by atoms with Crippen molar-refractivity contribution in [3.05, 3.63) is 64.1 Å². The number of hydrogen-bond acceptors (Lipinski definition) is 3. The second-order valence-electron chi connectivity index (χ2n) is 4.05. The van der Waals surface area contributed by atoms with Crippen molar-refractivity contribution in [2.24, 2.45) is 0 Å². The summed E-state index contributed by atoms with van der Waals surface area (Å²) in [7, 11) is 1.39. The number of ether oxygens (including phenoxy) is 1. The van der Waals surface area contributed by atoms with Gasteiger partial charge < -0.3 is 4.74 Å². The van der Waals surface area contributed by atoms with Crippen LogP contribution < -0.4 is 10.2 Å². The highest BCUT2D eigenvalue weighted by Crippen LogP contribution is 2.20. The molecule has 0 aromatic heterocycles. The SMILES string of the molecule is CONC(=O)c1ccccc1OCc1cccc(Br)c1. The van der Waals surface area contributed by atoms with E-state index in [9.17, 15) is 4.79 Å². The Morgan fingerprint density at radius 3 is 2.75 bits per heavy atom. The van der Waals surface area contributed by atoms with Crippen molar-refractivity contribution in [3.8, 4) is 5.75 Å². The van der Waals surface area contributed by atoms with Gasteiger partial charge in [0.2, 0.25) is 0 Å². The minimum absolute atomic E-state index is 0.336. The predicted molar refractivity (Wildman–Crippen MR) is 79.4 cm³/mol. The summed E-state index contributed by atoms with van der Waals surface area (Å²) >= 11 is 3.41. The summed E-state index contributed by atoms with van der Waals surface area (Å²) in [6.45, 7) is 0.386. The van der Waals surface area contributed by atoms with E-state index in [2.05, 4.69) is 26.2 Å². The highest BCUT2D eigenvalue weighted by molar-refractivity contribution is 9.10. The van der Waals surface area contributed by atoms with Crippen LogP contribution >= 0.6 is 15.9 Å². The smallest absolute Gasteiger partial charge is 0.278 e. The molecule has 0 aliphatic rings. The molecule has 0 spiro atoms. The maximum Gasteiger partial charge on any atom is 0.278 e. The predicted octanol–water partition coefficient (Wildman–Crippen LogP) is 3.32. The van der Waals surface area contributed by atoms with E-state index in [0.717, 1.165) is 10.0 Å². The highest BCUT2D eigenvalue weighted by Gasteiger charge is 2.11. The number of para-hydroxylation sites is 1.